The van der Waals surface area contributed by atoms with Gasteiger partial charge in [-0.15, -0.1) is 0 Å². The van der Waals surface area contributed by atoms with E-state index in [9.17, 15) is 0 Å². The Kier molecular flexibility index (Phi) is 2.90. The van der Waals surface area contributed by atoms with Crippen molar-refractivity contribution in [3.8, 4) is 0 Å². The van der Waals surface area contributed by atoms with Gasteiger partial charge in [0.05, 0.1) is 28.8 Å². The number of fused-ring (bicyclic) bond motifs is 1. The van der Waals surface area contributed by atoms with E-state index in [-0.39, 0.29) is 0 Å². The van der Waals surface area contributed by atoms with Crippen LogP contribution in [0.15, 0.2) is 18.6 Å². The van der Waals surface area contributed by atoms with Gasteiger partial charge in [-0.3, -0.25) is 9.97 Å². The molecule has 6 nitrogen and oxygen atoms in total. The molecule has 0 bridgehead atoms. The monoisotopic (exact) mass is 274 g/mol. The molecule has 0 aliphatic rings. The Morgan fingerprint density at radius 1 is 1.37 bits per heavy atom. The molecule has 0 aliphatic heterocycles. The lowest BCUT2D eigenvalue weighted by Gasteiger charge is -2.14. The summed E-state index contributed by atoms with van der Waals surface area (Å²) in [5.74, 6) is 0. The van der Waals surface area contributed by atoms with Crippen molar-refractivity contribution in [2.24, 2.45) is 7.05 Å². The first-order valence-corrected chi connectivity index (χ1v) is 6.73. The van der Waals surface area contributed by atoms with E-state index in [0.717, 1.165) is 26.9 Å². The van der Waals surface area contributed by atoms with Crippen LogP contribution in [0, 0.1) is 6.92 Å². The van der Waals surface area contributed by atoms with Crippen molar-refractivity contribution >= 4 is 26.8 Å². The second kappa shape index (κ2) is 4.58. The van der Waals surface area contributed by atoms with Gasteiger partial charge in [0.2, 0.25) is 0 Å². The fourth-order valence-electron chi connectivity index (χ4n) is 1.96. The highest BCUT2D eigenvalue weighted by atomic mass is 32.1. The zero-order chi connectivity index (χ0) is 13.4. The Bertz CT molecular complexity index is 667. The second-order valence-electron chi connectivity index (χ2n) is 4.41. The smallest absolute Gasteiger partial charge is 0.188 e. The Hall–Kier alpha value is -2.02. The van der Waals surface area contributed by atoms with Crippen molar-refractivity contribution in [3.63, 3.8) is 0 Å². The number of aromatic nitrogens is 5. The van der Waals surface area contributed by atoms with Crippen LogP contribution >= 0.6 is 11.3 Å². The van der Waals surface area contributed by atoms with E-state index in [1.165, 1.54) is 0 Å². The molecular formula is C12H14N6S. The Morgan fingerprint density at radius 2 is 2.21 bits per heavy atom. The van der Waals surface area contributed by atoms with Crippen LogP contribution in [-0.2, 0) is 13.6 Å². The van der Waals surface area contributed by atoms with Gasteiger partial charge in [0, 0.05) is 26.5 Å². The molecule has 0 saturated carbocycles. The van der Waals surface area contributed by atoms with Gasteiger partial charge >= 0.3 is 0 Å². The maximum atomic E-state index is 4.63. The molecule has 19 heavy (non-hydrogen) atoms. The summed E-state index contributed by atoms with van der Waals surface area (Å²) in [5, 5.41) is 5.33. The van der Waals surface area contributed by atoms with Crippen LogP contribution in [0.25, 0.3) is 10.3 Å². The first kappa shape index (κ1) is 12.0. The predicted molar refractivity (Wildman–Crippen MR) is 75.3 cm³/mol. The summed E-state index contributed by atoms with van der Waals surface area (Å²) in [4.78, 5) is 15.1. The zero-order valence-corrected chi connectivity index (χ0v) is 11.8. The van der Waals surface area contributed by atoms with Crippen LogP contribution in [0.3, 0.4) is 0 Å². The number of hydrogen-bond acceptors (Lipinski definition) is 6. The van der Waals surface area contributed by atoms with Crippen LogP contribution in [-0.4, -0.2) is 31.8 Å². The Morgan fingerprint density at radius 3 is 2.89 bits per heavy atom. The van der Waals surface area contributed by atoms with E-state index < -0.39 is 0 Å². The van der Waals surface area contributed by atoms with Crippen LogP contribution in [0.4, 0.5) is 5.13 Å². The third kappa shape index (κ3) is 2.17. The van der Waals surface area contributed by atoms with Crippen molar-refractivity contribution in [1.82, 2.24) is 24.7 Å². The molecule has 3 aromatic heterocycles. The highest BCUT2D eigenvalue weighted by Gasteiger charge is 2.14. The lowest BCUT2D eigenvalue weighted by atomic mass is 10.4. The van der Waals surface area contributed by atoms with Gasteiger partial charge in [0.25, 0.3) is 0 Å². The third-order valence-corrected chi connectivity index (χ3v) is 4.14. The van der Waals surface area contributed by atoms with Crippen LogP contribution in [0.1, 0.15) is 11.4 Å². The summed E-state index contributed by atoms with van der Waals surface area (Å²) < 4.78 is 2.96. The Labute approximate surface area is 114 Å². The highest BCUT2D eigenvalue weighted by Crippen LogP contribution is 2.30. The lowest BCUT2D eigenvalue weighted by molar-refractivity contribution is 0.772. The van der Waals surface area contributed by atoms with Gasteiger partial charge < -0.3 is 4.90 Å². The predicted octanol–water partition coefficient (Wildman–Crippen LogP) is 1.76. The van der Waals surface area contributed by atoms with E-state index in [0.29, 0.717) is 6.54 Å². The second-order valence-corrected chi connectivity index (χ2v) is 5.39. The van der Waals surface area contributed by atoms with Crippen LogP contribution in [0.2, 0.25) is 0 Å². The molecule has 3 aromatic rings. The quantitative estimate of drug-likeness (QED) is 0.728. The molecule has 0 unspecified atom stereocenters. The number of nitrogens with zero attached hydrogens (tertiary/aromatic N) is 6. The minimum absolute atomic E-state index is 0.695. The van der Waals surface area contributed by atoms with E-state index in [4.69, 9.17) is 0 Å². The van der Waals surface area contributed by atoms with Crippen molar-refractivity contribution < 1.29 is 0 Å². The fraction of sp³-hybridized carbons (Fsp3) is 0.333. The average molecular weight is 274 g/mol. The van der Waals surface area contributed by atoms with E-state index in [2.05, 4.69) is 25.0 Å². The SMILES string of the molecule is Cc1nn(C)c2nc(N(C)Cc3cnccn3)sc12. The third-order valence-electron chi connectivity index (χ3n) is 2.88. The molecule has 0 atom stereocenters. The van der Waals surface area contributed by atoms with Crippen molar-refractivity contribution in [3.05, 3.63) is 30.0 Å². The van der Waals surface area contributed by atoms with Crippen LogP contribution < -0.4 is 4.90 Å². The fourth-order valence-corrected chi connectivity index (χ4v) is 2.95. The van der Waals surface area contributed by atoms with Gasteiger partial charge in [-0.05, 0) is 6.92 Å². The molecule has 0 N–H and O–H groups in total. The highest BCUT2D eigenvalue weighted by molar-refractivity contribution is 7.22. The van der Waals surface area contributed by atoms with E-state index in [1.807, 2.05) is 25.7 Å². The normalized spacial score (nSPS) is 11.1. The molecule has 98 valence electrons. The van der Waals surface area contributed by atoms with E-state index in [1.54, 1.807) is 29.9 Å². The summed E-state index contributed by atoms with van der Waals surface area (Å²) in [6.07, 6.45) is 5.16. The molecular weight excluding hydrogens is 260 g/mol. The van der Waals surface area contributed by atoms with Gasteiger partial charge in [0.1, 0.15) is 0 Å². The van der Waals surface area contributed by atoms with Crippen molar-refractivity contribution in [2.45, 2.75) is 13.5 Å². The lowest BCUT2D eigenvalue weighted by Crippen LogP contribution is -2.17. The summed E-state index contributed by atoms with van der Waals surface area (Å²) >= 11 is 1.66. The summed E-state index contributed by atoms with van der Waals surface area (Å²) in [6, 6.07) is 0. The van der Waals surface area contributed by atoms with Gasteiger partial charge in [-0.25, -0.2) is 9.67 Å². The topological polar surface area (TPSA) is 59.7 Å². The molecule has 7 heteroatoms. The summed E-state index contributed by atoms with van der Waals surface area (Å²) in [6.45, 7) is 2.70. The van der Waals surface area contributed by atoms with E-state index >= 15 is 0 Å². The molecule has 0 saturated heterocycles. The first-order valence-electron chi connectivity index (χ1n) is 5.91. The number of hydrogen-bond donors (Lipinski definition) is 0. The van der Waals surface area contributed by atoms with Gasteiger partial charge in [0.15, 0.2) is 10.8 Å². The summed E-state index contributed by atoms with van der Waals surface area (Å²) in [7, 11) is 3.93. The van der Waals surface area contributed by atoms with Crippen LogP contribution in [0.5, 0.6) is 0 Å². The molecule has 3 rings (SSSR count). The molecule has 0 aromatic carbocycles. The minimum atomic E-state index is 0.695. The number of anilines is 1. The molecule has 0 spiro atoms. The number of thiazole rings is 1. The average Bonchev–Trinajstić information content (AvgIpc) is 2.94. The number of rotatable bonds is 3. The first-order chi connectivity index (χ1) is 9.15. The van der Waals surface area contributed by atoms with Gasteiger partial charge in [-0.1, -0.05) is 11.3 Å². The molecule has 3 heterocycles. The molecule has 0 fully saturated rings. The Balaban J connectivity index is 1.89. The standard InChI is InChI=1S/C12H14N6S/c1-8-10-11(18(3)16-8)15-12(19-10)17(2)7-9-6-13-4-5-14-9/h4-6H,7H2,1-3H3. The maximum absolute atomic E-state index is 4.63. The molecule has 0 aliphatic carbocycles. The van der Waals surface area contributed by atoms with Gasteiger partial charge in [-0.2, -0.15) is 5.10 Å². The number of aryl methyl sites for hydroxylation is 2. The molecule has 0 amide bonds. The maximum Gasteiger partial charge on any atom is 0.188 e. The van der Waals surface area contributed by atoms with Crippen molar-refractivity contribution in [1.29, 1.82) is 0 Å². The molecule has 0 radical (unpaired) electrons. The summed E-state index contributed by atoms with van der Waals surface area (Å²) in [5.41, 5.74) is 2.89. The van der Waals surface area contributed by atoms with Crippen molar-refractivity contribution in [2.75, 3.05) is 11.9 Å². The largest absolute Gasteiger partial charge is 0.345 e. The minimum Gasteiger partial charge on any atom is -0.345 e. The zero-order valence-electron chi connectivity index (χ0n) is 11.0.